The second-order valence-electron chi connectivity index (χ2n) is 3.95. The molecule has 1 heterocycles. The first-order valence-electron chi connectivity index (χ1n) is 5.54. The first-order chi connectivity index (χ1) is 8.12. The number of benzene rings is 1. The highest BCUT2D eigenvalue weighted by Crippen LogP contribution is 2.31. The van der Waals surface area contributed by atoms with Gasteiger partial charge >= 0.3 is 0 Å². The molecule has 0 aliphatic carbocycles. The Kier molecular flexibility index (Phi) is 3.66. The Bertz CT molecular complexity index is 487. The van der Waals surface area contributed by atoms with Crippen LogP contribution in [0.25, 0.3) is 0 Å². The average Bonchev–Trinajstić information content (AvgIpc) is 2.29. The quantitative estimate of drug-likeness (QED) is 0.816. The normalized spacial score (nSPS) is 19.5. The Hall–Kier alpha value is -1.11. The molecule has 1 aromatic carbocycles. The molecule has 1 aliphatic heterocycles. The number of hydrogen-bond acceptors (Lipinski definition) is 4. The number of nitrogens with one attached hydrogen (secondary N) is 1. The van der Waals surface area contributed by atoms with Crippen LogP contribution >= 0.6 is 0 Å². The third-order valence-corrected chi connectivity index (χ3v) is 4.08. The van der Waals surface area contributed by atoms with Gasteiger partial charge < -0.3 is 10.5 Å². The lowest BCUT2D eigenvalue weighted by Gasteiger charge is -2.26. The van der Waals surface area contributed by atoms with E-state index in [1.54, 1.807) is 0 Å². The van der Waals surface area contributed by atoms with Crippen molar-refractivity contribution < 1.29 is 13.2 Å². The van der Waals surface area contributed by atoms with E-state index in [1.165, 1.54) is 0 Å². The van der Waals surface area contributed by atoms with Gasteiger partial charge in [-0.1, -0.05) is 18.2 Å². The molecule has 5 nitrogen and oxygen atoms in total. The Morgan fingerprint density at radius 2 is 2.18 bits per heavy atom. The van der Waals surface area contributed by atoms with Crippen LogP contribution in [0.15, 0.2) is 24.3 Å². The molecule has 17 heavy (non-hydrogen) atoms. The summed E-state index contributed by atoms with van der Waals surface area (Å²) < 4.78 is 31.5. The molecule has 2 rings (SSSR count). The molecule has 0 aromatic heterocycles. The van der Waals surface area contributed by atoms with Crippen LogP contribution in [0.3, 0.4) is 0 Å². The average molecular weight is 256 g/mol. The zero-order chi connectivity index (χ0) is 12.3. The van der Waals surface area contributed by atoms with E-state index >= 15 is 0 Å². The van der Waals surface area contributed by atoms with Gasteiger partial charge in [-0.05, 0) is 6.07 Å². The predicted octanol–water partition coefficient (Wildman–Crippen LogP) is 0.388. The first kappa shape index (κ1) is 12.3. The highest BCUT2D eigenvalue weighted by molar-refractivity contribution is 7.89. The third kappa shape index (κ3) is 2.96. The van der Waals surface area contributed by atoms with Crippen molar-refractivity contribution in [2.75, 3.05) is 18.9 Å². The van der Waals surface area contributed by atoms with Gasteiger partial charge in [0.05, 0.1) is 18.4 Å². The summed E-state index contributed by atoms with van der Waals surface area (Å²) in [5.41, 5.74) is 6.16. The van der Waals surface area contributed by atoms with Gasteiger partial charge in [0.1, 0.15) is 5.75 Å². The lowest BCUT2D eigenvalue weighted by Crippen LogP contribution is -2.35. The van der Waals surface area contributed by atoms with Crippen LogP contribution in [-0.2, 0) is 10.0 Å². The standard InChI is InChI=1S/C11H16N2O3S/c12-6-8-17(14,15)13-10-5-7-16-11-4-2-1-3-9(10)11/h1-4,10,13H,5-8,12H2. The number of hydrogen-bond donors (Lipinski definition) is 2. The molecular weight excluding hydrogens is 240 g/mol. The van der Waals surface area contributed by atoms with E-state index in [4.69, 9.17) is 10.5 Å². The van der Waals surface area contributed by atoms with Crippen LogP contribution in [0.2, 0.25) is 0 Å². The summed E-state index contributed by atoms with van der Waals surface area (Å²) >= 11 is 0. The second kappa shape index (κ2) is 5.03. The van der Waals surface area contributed by atoms with Crippen LogP contribution < -0.4 is 15.2 Å². The summed E-state index contributed by atoms with van der Waals surface area (Å²) in [6.07, 6.45) is 0.640. The van der Waals surface area contributed by atoms with Gasteiger partial charge in [0.15, 0.2) is 0 Å². The molecular formula is C11H16N2O3S. The van der Waals surface area contributed by atoms with Crippen molar-refractivity contribution in [1.29, 1.82) is 0 Å². The summed E-state index contributed by atoms with van der Waals surface area (Å²) in [5.74, 6) is 0.700. The fourth-order valence-corrected chi connectivity index (χ4v) is 3.00. The molecule has 0 saturated carbocycles. The minimum Gasteiger partial charge on any atom is -0.493 e. The molecule has 0 spiro atoms. The first-order valence-corrected chi connectivity index (χ1v) is 7.19. The highest BCUT2D eigenvalue weighted by atomic mass is 32.2. The lowest BCUT2D eigenvalue weighted by molar-refractivity contribution is 0.263. The van der Waals surface area contributed by atoms with E-state index in [0.29, 0.717) is 13.0 Å². The van der Waals surface area contributed by atoms with Crippen LogP contribution in [-0.4, -0.2) is 27.3 Å². The molecule has 3 N–H and O–H groups in total. The SMILES string of the molecule is NCCS(=O)(=O)NC1CCOc2ccccc21. The minimum atomic E-state index is -3.30. The van der Waals surface area contributed by atoms with Gasteiger partial charge in [-0.15, -0.1) is 0 Å². The molecule has 94 valence electrons. The third-order valence-electron chi connectivity index (χ3n) is 2.67. The summed E-state index contributed by atoms with van der Waals surface area (Å²) in [6.45, 7) is 0.646. The lowest BCUT2D eigenvalue weighted by atomic mass is 10.0. The van der Waals surface area contributed by atoms with E-state index in [2.05, 4.69) is 4.72 Å². The number of nitrogens with two attached hydrogens (primary N) is 1. The molecule has 0 fully saturated rings. The fourth-order valence-electron chi connectivity index (χ4n) is 1.90. The van der Waals surface area contributed by atoms with Crippen molar-refractivity contribution in [1.82, 2.24) is 4.72 Å². The van der Waals surface area contributed by atoms with Gasteiger partial charge in [0.2, 0.25) is 10.0 Å². The number of rotatable bonds is 4. The number of para-hydroxylation sites is 1. The maximum Gasteiger partial charge on any atom is 0.213 e. The molecule has 0 radical (unpaired) electrons. The summed E-state index contributed by atoms with van der Waals surface area (Å²) in [7, 11) is -3.30. The number of sulfonamides is 1. The minimum absolute atomic E-state index is 0.0491. The van der Waals surface area contributed by atoms with Crippen LogP contribution in [0.5, 0.6) is 5.75 Å². The van der Waals surface area contributed by atoms with Crippen molar-refractivity contribution in [2.24, 2.45) is 5.73 Å². The number of fused-ring (bicyclic) bond motifs is 1. The fraction of sp³-hybridized carbons (Fsp3) is 0.455. The van der Waals surface area contributed by atoms with Crippen molar-refractivity contribution >= 4 is 10.0 Å². The van der Waals surface area contributed by atoms with Crippen LogP contribution in [0, 0.1) is 0 Å². The molecule has 0 bridgehead atoms. The maximum absolute atomic E-state index is 11.7. The van der Waals surface area contributed by atoms with Gasteiger partial charge in [-0.3, -0.25) is 0 Å². The molecule has 1 aromatic rings. The zero-order valence-corrected chi connectivity index (χ0v) is 10.2. The van der Waals surface area contributed by atoms with Gasteiger partial charge in [0.25, 0.3) is 0 Å². The topological polar surface area (TPSA) is 81.4 Å². The molecule has 6 heteroatoms. The van der Waals surface area contributed by atoms with Crippen LogP contribution in [0.1, 0.15) is 18.0 Å². The van der Waals surface area contributed by atoms with E-state index in [1.807, 2.05) is 24.3 Å². The van der Waals surface area contributed by atoms with E-state index in [-0.39, 0.29) is 18.3 Å². The van der Waals surface area contributed by atoms with Gasteiger partial charge in [-0.25, -0.2) is 13.1 Å². The molecule has 0 amide bonds. The Morgan fingerprint density at radius 3 is 2.94 bits per heavy atom. The van der Waals surface area contributed by atoms with Crippen molar-refractivity contribution in [2.45, 2.75) is 12.5 Å². The largest absolute Gasteiger partial charge is 0.493 e. The smallest absolute Gasteiger partial charge is 0.213 e. The maximum atomic E-state index is 11.7. The Balaban J connectivity index is 2.19. The Labute approximate surface area is 101 Å². The molecule has 0 saturated heterocycles. The summed E-state index contributed by atoms with van der Waals surface area (Å²) in [4.78, 5) is 0. The predicted molar refractivity (Wildman–Crippen MR) is 65.3 cm³/mol. The molecule has 1 aliphatic rings. The summed E-state index contributed by atoms with van der Waals surface area (Å²) in [6, 6.07) is 7.26. The van der Waals surface area contributed by atoms with Crippen molar-refractivity contribution in [3.63, 3.8) is 0 Å². The van der Waals surface area contributed by atoms with Gasteiger partial charge in [-0.2, -0.15) is 0 Å². The van der Waals surface area contributed by atoms with Gasteiger partial charge in [0, 0.05) is 18.5 Å². The van der Waals surface area contributed by atoms with Crippen molar-refractivity contribution in [3.8, 4) is 5.75 Å². The van der Waals surface area contributed by atoms with E-state index in [0.717, 1.165) is 11.3 Å². The zero-order valence-electron chi connectivity index (χ0n) is 9.43. The van der Waals surface area contributed by atoms with Crippen LogP contribution in [0.4, 0.5) is 0 Å². The second-order valence-corrected chi connectivity index (χ2v) is 5.83. The number of ether oxygens (including phenoxy) is 1. The molecule has 1 unspecified atom stereocenters. The summed E-state index contributed by atoms with van der Waals surface area (Å²) in [5, 5.41) is 0. The van der Waals surface area contributed by atoms with E-state index < -0.39 is 10.0 Å². The Morgan fingerprint density at radius 1 is 1.41 bits per heavy atom. The van der Waals surface area contributed by atoms with Crippen molar-refractivity contribution in [3.05, 3.63) is 29.8 Å². The monoisotopic (exact) mass is 256 g/mol. The highest BCUT2D eigenvalue weighted by Gasteiger charge is 2.24. The molecule has 1 atom stereocenters. The van der Waals surface area contributed by atoms with E-state index in [9.17, 15) is 8.42 Å².